The third-order valence-electron chi connectivity index (χ3n) is 5.75. The SMILES string of the molecule is CC(C)Cc1ccc(C(C)c2nc(-c3ccc(CN4CCCC4)cc3)no2)cc1. The highest BCUT2D eigenvalue weighted by atomic mass is 16.5. The van der Waals surface area contributed by atoms with Crippen LogP contribution in [0.5, 0.6) is 0 Å². The van der Waals surface area contributed by atoms with E-state index in [2.05, 4.69) is 84.3 Å². The van der Waals surface area contributed by atoms with Crippen molar-refractivity contribution in [1.82, 2.24) is 15.0 Å². The van der Waals surface area contributed by atoms with E-state index in [4.69, 9.17) is 4.52 Å². The molecule has 0 aliphatic carbocycles. The lowest BCUT2D eigenvalue weighted by atomic mass is 9.97. The second-order valence-corrected chi connectivity index (χ2v) is 8.70. The van der Waals surface area contributed by atoms with Crippen molar-refractivity contribution in [2.24, 2.45) is 5.92 Å². The molecule has 2 aromatic carbocycles. The van der Waals surface area contributed by atoms with Crippen molar-refractivity contribution in [3.63, 3.8) is 0 Å². The quantitative estimate of drug-likeness (QED) is 0.521. The van der Waals surface area contributed by atoms with Gasteiger partial charge in [-0.15, -0.1) is 0 Å². The van der Waals surface area contributed by atoms with Crippen LogP contribution in [0.25, 0.3) is 11.4 Å². The number of rotatable bonds is 7. The highest BCUT2D eigenvalue weighted by Crippen LogP contribution is 2.26. The molecule has 0 spiro atoms. The van der Waals surface area contributed by atoms with Gasteiger partial charge in [-0.2, -0.15) is 4.98 Å². The smallest absolute Gasteiger partial charge is 0.234 e. The predicted molar refractivity (Wildman–Crippen MR) is 117 cm³/mol. The van der Waals surface area contributed by atoms with Gasteiger partial charge in [0.15, 0.2) is 0 Å². The fraction of sp³-hybridized carbons (Fsp3) is 0.440. The molecule has 1 fully saturated rings. The molecule has 4 nitrogen and oxygen atoms in total. The van der Waals surface area contributed by atoms with Gasteiger partial charge in [0.2, 0.25) is 11.7 Å². The monoisotopic (exact) mass is 389 g/mol. The van der Waals surface area contributed by atoms with Gasteiger partial charge in [0.25, 0.3) is 0 Å². The molecule has 0 N–H and O–H groups in total. The van der Waals surface area contributed by atoms with Crippen LogP contribution in [0, 0.1) is 5.92 Å². The Morgan fingerprint density at radius 1 is 0.897 bits per heavy atom. The largest absolute Gasteiger partial charge is 0.338 e. The summed E-state index contributed by atoms with van der Waals surface area (Å²) in [6.45, 7) is 10.1. The van der Waals surface area contributed by atoms with Crippen molar-refractivity contribution in [2.75, 3.05) is 13.1 Å². The summed E-state index contributed by atoms with van der Waals surface area (Å²) in [7, 11) is 0. The minimum atomic E-state index is 0.0822. The molecule has 1 atom stereocenters. The number of nitrogens with zero attached hydrogens (tertiary/aromatic N) is 3. The Balaban J connectivity index is 1.43. The van der Waals surface area contributed by atoms with Crippen LogP contribution in [0.15, 0.2) is 53.1 Å². The van der Waals surface area contributed by atoms with Gasteiger partial charge >= 0.3 is 0 Å². The molecule has 1 aromatic heterocycles. The van der Waals surface area contributed by atoms with E-state index in [1.165, 1.54) is 42.6 Å². The van der Waals surface area contributed by atoms with Crippen LogP contribution in [-0.4, -0.2) is 28.1 Å². The summed E-state index contributed by atoms with van der Waals surface area (Å²) in [6, 6.07) is 17.3. The summed E-state index contributed by atoms with van der Waals surface area (Å²) in [5, 5.41) is 4.23. The van der Waals surface area contributed by atoms with Crippen LogP contribution in [-0.2, 0) is 13.0 Å². The van der Waals surface area contributed by atoms with E-state index in [-0.39, 0.29) is 5.92 Å². The zero-order chi connectivity index (χ0) is 20.2. The van der Waals surface area contributed by atoms with Crippen molar-refractivity contribution < 1.29 is 4.52 Å². The summed E-state index contributed by atoms with van der Waals surface area (Å²) >= 11 is 0. The number of hydrogen-bond donors (Lipinski definition) is 0. The average Bonchev–Trinajstić information content (AvgIpc) is 3.40. The van der Waals surface area contributed by atoms with Crippen molar-refractivity contribution >= 4 is 0 Å². The van der Waals surface area contributed by atoms with E-state index < -0.39 is 0 Å². The lowest BCUT2D eigenvalue weighted by Crippen LogP contribution is -2.18. The van der Waals surface area contributed by atoms with Crippen LogP contribution in [0.3, 0.4) is 0 Å². The van der Waals surface area contributed by atoms with Gasteiger partial charge in [-0.05, 0) is 61.9 Å². The molecule has 1 aliphatic rings. The second-order valence-electron chi connectivity index (χ2n) is 8.70. The maximum Gasteiger partial charge on any atom is 0.234 e. The number of hydrogen-bond acceptors (Lipinski definition) is 4. The molecule has 1 aliphatic heterocycles. The third kappa shape index (κ3) is 4.94. The highest BCUT2D eigenvalue weighted by molar-refractivity contribution is 5.54. The number of benzene rings is 2. The van der Waals surface area contributed by atoms with E-state index in [9.17, 15) is 0 Å². The zero-order valence-electron chi connectivity index (χ0n) is 17.8. The molecule has 1 unspecified atom stereocenters. The van der Waals surface area contributed by atoms with Crippen molar-refractivity contribution in [3.05, 3.63) is 71.1 Å². The summed E-state index contributed by atoms with van der Waals surface area (Å²) < 4.78 is 5.60. The van der Waals surface area contributed by atoms with Gasteiger partial charge in [0.1, 0.15) is 0 Å². The summed E-state index contributed by atoms with van der Waals surface area (Å²) in [4.78, 5) is 7.18. The average molecular weight is 390 g/mol. The van der Waals surface area contributed by atoms with Gasteiger partial charge in [-0.1, -0.05) is 67.5 Å². The van der Waals surface area contributed by atoms with Crippen LogP contribution < -0.4 is 0 Å². The first-order chi connectivity index (χ1) is 14.1. The van der Waals surface area contributed by atoms with Gasteiger partial charge < -0.3 is 4.52 Å². The predicted octanol–water partition coefficient (Wildman–Crippen LogP) is 5.68. The Labute approximate surface area is 173 Å². The van der Waals surface area contributed by atoms with Crippen LogP contribution in [0.2, 0.25) is 0 Å². The van der Waals surface area contributed by atoms with Crippen LogP contribution in [0.4, 0.5) is 0 Å². The van der Waals surface area contributed by atoms with E-state index in [1.54, 1.807) is 0 Å². The van der Waals surface area contributed by atoms with E-state index in [0.717, 1.165) is 18.5 Å². The minimum absolute atomic E-state index is 0.0822. The summed E-state index contributed by atoms with van der Waals surface area (Å²) in [6.07, 6.45) is 3.75. The fourth-order valence-corrected chi connectivity index (χ4v) is 4.04. The molecule has 4 rings (SSSR count). The fourth-order valence-electron chi connectivity index (χ4n) is 4.04. The number of aromatic nitrogens is 2. The molecule has 3 aromatic rings. The van der Waals surface area contributed by atoms with Gasteiger partial charge in [-0.25, -0.2) is 0 Å². The molecular formula is C25H31N3O. The molecule has 0 amide bonds. The lowest BCUT2D eigenvalue weighted by Gasteiger charge is -2.14. The molecule has 29 heavy (non-hydrogen) atoms. The first-order valence-electron chi connectivity index (χ1n) is 10.8. The topological polar surface area (TPSA) is 42.2 Å². The Bertz CT molecular complexity index is 906. The first kappa shape index (κ1) is 19.8. The van der Waals surface area contributed by atoms with Crippen LogP contribution >= 0.6 is 0 Å². The summed E-state index contributed by atoms with van der Waals surface area (Å²) in [5.74, 6) is 2.08. The molecule has 0 radical (unpaired) electrons. The first-order valence-corrected chi connectivity index (χ1v) is 10.8. The summed E-state index contributed by atoms with van der Waals surface area (Å²) in [5.41, 5.74) is 4.92. The normalized spacial score (nSPS) is 15.9. The zero-order valence-corrected chi connectivity index (χ0v) is 17.8. The molecule has 2 heterocycles. The van der Waals surface area contributed by atoms with Gasteiger partial charge in [0, 0.05) is 12.1 Å². The molecule has 4 heteroatoms. The Morgan fingerprint density at radius 2 is 1.55 bits per heavy atom. The Hall–Kier alpha value is -2.46. The second kappa shape index (κ2) is 8.91. The minimum Gasteiger partial charge on any atom is -0.338 e. The van der Waals surface area contributed by atoms with Crippen molar-refractivity contribution in [3.8, 4) is 11.4 Å². The molecule has 0 saturated carbocycles. The molecule has 0 bridgehead atoms. The van der Waals surface area contributed by atoms with Crippen molar-refractivity contribution in [1.29, 1.82) is 0 Å². The molecule has 1 saturated heterocycles. The van der Waals surface area contributed by atoms with Gasteiger partial charge in [0.05, 0.1) is 5.92 Å². The number of likely N-dealkylation sites (tertiary alicyclic amines) is 1. The Kier molecular flexibility index (Phi) is 6.10. The molecule has 152 valence electrons. The van der Waals surface area contributed by atoms with E-state index in [1.807, 2.05) is 0 Å². The lowest BCUT2D eigenvalue weighted by molar-refractivity contribution is 0.331. The Morgan fingerprint density at radius 3 is 2.21 bits per heavy atom. The van der Waals surface area contributed by atoms with Gasteiger partial charge in [-0.3, -0.25) is 4.90 Å². The maximum atomic E-state index is 5.60. The van der Waals surface area contributed by atoms with E-state index >= 15 is 0 Å². The molecular weight excluding hydrogens is 358 g/mol. The van der Waals surface area contributed by atoms with Crippen LogP contribution in [0.1, 0.15) is 62.1 Å². The maximum absolute atomic E-state index is 5.60. The third-order valence-corrected chi connectivity index (χ3v) is 5.75. The van der Waals surface area contributed by atoms with Crippen molar-refractivity contribution in [2.45, 2.75) is 52.5 Å². The highest BCUT2D eigenvalue weighted by Gasteiger charge is 2.18. The standard InChI is InChI=1S/C25H31N3O/c1-18(2)16-20-6-10-22(11-7-20)19(3)25-26-24(27-29-25)23-12-8-21(9-13-23)17-28-14-4-5-15-28/h6-13,18-19H,4-5,14-17H2,1-3H3. The van der Waals surface area contributed by atoms with E-state index in [0.29, 0.717) is 17.6 Å².